The van der Waals surface area contributed by atoms with Gasteiger partial charge in [-0.3, -0.25) is 14.4 Å². The van der Waals surface area contributed by atoms with Crippen LogP contribution < -0.4 is 5.43 Å². The summed E-state index contributed by atoms with van der Waals surface area (Å²) < 4.78 is 28.8. The van der Waals surface area contributed by atoms with Gasteiger partial charge in [0.1, 0.15) is 22.8 Å². The molecule has 2 N–H and O–H groups in total. The van der Waals surface area contributed by atoms with Crippen molar-refractivity contribution >= 4 is 33.9 Å². The van der Waals surface area contributed by atoms with E-state index in [0.717, 1.165) is 0 Å². The van der Waals surface area contributed by atoms with Gasteiger partial charge in [-0.15, -0.1) is 0 Å². The lowest BCUT2D eigenvalue weighted by atomic mass is 9.86. The number of fused-ring (bicyclic) bond motifs is 3. The van der Waals surface area contributed by atoms with Gasteiger partial charge in [0.05, 0.1) is 17.6 Å². The fourth-order valence-electron chi connectivity index (χ4n) is 5.37. The highest BCUT2D eigenvalue weighted by molar-refractivity contribution is 5.97. The predicted octanol–water partition coefficient (Wildman–Crippen LogP) is 3.75. The van der Waals surface area contributed by atoms with Crippen LogP contribution in [0.4, 0.5) is 0 Å². The minimum Gasteiger partial charge on any atom is -0.507 e. The van der Waals surface area contributed by atoms with E-state index in [-0.39, 0.29) is 34.3 Å². The standard InChI is InChI=1S/C27H28O10/c1-12-26(35-14(3)29)19(34-13(2)28)11-20(33-12)36-18-10-6-8-16-21(18)25(32)22-23(30)15-7-4-5-9-17(15)37-27(22)24(16)31/h4-5,7,9,12,18-20,26,31-32H,6,8,10-11H2,1-3H3/t12-,18-,19-,20+,26-/m0/s1. The summed E-state index contributed by atoms with van der Waals surface area (Å²) >= 11 is 0. The van der Waals surface area contributed by atoms with E-state index < -0.39 is 48.1 Å². The number of ether oxygens (including phenoxy) is 4. The molecule has 0 amide bonds. The number of hydrogen-bond donors (Lipinski definition) is 2. The van der Waals surface area contributed by atoms with Crippen LogP contribution in [0.5, 0.6) is 11.5 Å². The minimum atomic E-state index is -0.868. The van der Waals surface area contributed by atoms with Gasteiger partial charge in [-0.05, 0) is 38.3 Å². The summed E-state index contributed by atoms with van der Waals surface area (Å²) in [6, 6.07) is 6.63. The molecule has 0 spiro atoms. The molecule has 5 atom stereocenters. The Bertz CT molecular complexity index is 1440. The topological polar surface area (TPSA) is 142 Å². The smallest absolute Gasteiger partial charge is 0.303 e. The third-order valence-corrected chi connectivity index (χ3v) is 6.89. The first kappa shape index (κ1) is 25.0. The van der Waals surface area contributed by atoms with Crippen LogP contribution in [0.2, 0.25) is 0 Å². The first-order valence-corrected chi connectivity index (χ1v) is 12.2. The second-order valence-electron chi connectivity index (χ2n) is 9.47. The summed E-state index contributed by atoms with van der Waals surface area (Å²) in [5, 5.41) is 22.6. The first-order valence-electron chi connectivity index (χ1n) is 12.2. The fraction of sp³-hybridized carbons (Fsp3) is 0.444. The summed E-state index contributed by atoms with van der Waals surface area (Å²) in [7, 11) is 0. The van der Waals surface area contributed by atoms with E-state index in [1.165, 1.54) is 13.8 Å². The average Bonchev–Trinajstić information content (AvgIpc) is 2.84. The third kappa shape index (κ3) is 4.51. The molecule has 5 rings (SSSR count). The fourth-order valence-corrected chi connectivity index (χ4v) is 5.37. The second-order valence-corrected chi connectivity index (χ2v) is 9.47. The van der Waals surface area contributed by atoms with Gasteiger partial charge in [-0.2, -0.15) is 0 Å². The number of rotatable bonds is 4. The SMILES string of the molecule is CC(=O)O[C@H]1[C@H](C)O[C@H](O[C@H]2CCCc3c2c(O)c2c(=O)c4ccccc4oc2c3O)C[C@@H]1OC(C)=O. The largest absolute Gasteiger partial charge is 0.507 e. The van der Waals surface area contributed by atoms with E-state index in [9.17, 15) is 24.6 Å². The van der Waals surface area contributed by atoms with Crippen LogP contribution in [0.1, 0.15) is 57.3 Å². The molecule has 10 nitrogen and oxygen atoms in total. The van der Waals surface area contributed by atoms with Crippen molar-refractivity contribution in [3.05, 3.63) is 45.6 Å². The van der Waals surface area contributed by atoms with Crippen LogP contribution in [0.25, 0.3) is 21.9 Å². The molecular formula is C27H28O10. The van der Waals surface area contributed by atoms with Gasteiger partial charge >= 0.3 is 11.9 Å². The monoisotopic (exact) mass is 512 g/mol. The van der Waals surface area contributed by atoms with Crippen molar-refractivity contribution in [3.8, 4) is 11.5 Å². The van der Waals surface area contributed by atoms with Crippen molar-refractivity contribution < 1.29 is 43.2 Å². The molecule has 0 radical (unpaired) electrons. The van der Waals surface area contributed by atoms with E-state index >= 15 is 0 Å². The van der Waals surface area contributed by atoms with Crippen molar-refractivity contribution in [2.45, 2.75) is 77.2 Å². The zero-order valence-electron chi connectivity index (χ0n) is 20.7. The molecular weight excluding hydrogens is 484 g/mol. The van der Waals surface area contributed by atoms with Crippen molar-refractivity contribution in [2.24, 2.45) is 0 Å². The zero-order valence-corrected chi connectivity index (χ0v) is 20.7. The number of hydrogen-bond acceptors (Lipinski definition) is 10. The Balaban J connectivity index is 1.52. The highest BCUT2D eigenvalue weighted by Gasteiger charge is 2.43. The van der Waals surface area contributed by atoms with Crippen LogP contribution in [0, 0.1) is 0 Å². The molecule has 10 heteroatoms. The maximum atomic E-state index is 13.3. The lowest BCUT2D eigenvalue weighted by Gasteiger charge is -2.40. The predicted molar refractivity (Wildman–Crippen MR) is 130 cm³/mol. The normalized spacial score (nSPS) is 25.5. The van der Waals surface area contributed by atoms with Gasteiger partial charge in [0, 0.05) is 31.4 Å². The molecule has 1 fully saturated rings. The highest BCUT2D eigenvalue weighted by atomic mass is 16.7. The lowest BCUT2D eigenvalue weighted by Crippen LogP contribution is -2.51. The van der Waals surface area contributed by atoms with Crippen LogP contribution in [0.3, 0.4) is 0 Å². The van der Waals surface area contributed by atoms with Crippen molar-refractivity contribution in [1.29, 1.82) is 0 Å². The molecule has 37 heavy (non-hydrogen) atoms. The molecule has 2 heterocycles. The van der Waals surface area contributed by atoms with Gasteiger partial charge < -0.3 is 33.6 Å². The average molecular weight is 513 g/mol. The van der Waals surface area contributed by atoms with E-state index in [0.29, 0.717) is 36.0 Å². The molecule has 1 saturated heterocycles. The van der Waals surface area contributed by atoms with Crippen molar-refractivity contribution in [2.75, 3.05) is 0 Å². The molecule has 196 valence electrons. The molecule has 3 aromatic rings. The Labute approximate surface area is 211 Å². The van der Waals surface area contributed by atoms with Crippen molar-refractivity contribution in [3.63, 3.8) is 0 Å². The van der Waals surface area contributed by atoms with Gasteiger partial charge in [0.15, 0.2) is 23.7 Å². The number of esters is 2. The van der Waals surface area contributed by atoms with E-state index in [1.54, 1.807) is 31.2 Å². The third-order valence-electron chi connectivity index (χ3n) is 6.89. The Hall–Kier alpha value is -3.63. The van der Waals surface area contributed by atoms with Crippen LogP contribution in [0.15, 0.2) is 33.5 Å². The minimum absolute atomic E-state index is 0.0673. The number of para-hydroxylation sites is 1. The highest BCUT2D eigenvalue weighted by Crippen LogP contribution is 2.48. The van der Waals surface area contributed by atoms with Crippen LogP contribution in [-0.2, 0) is 35.0 Å². The van der Waals surface area contributed by atoms with Gasteiger partial charge in [0.2, 0.25) is 5.43 Å². The summed E-state index contributed by atoms with van der Waals surface area (Å²) in [5.74, 6) is -1.57. The molecule has 2 aliphatic rings. The van der Waals surface area contributed by atoms with E-state index in [1.807, 2.05) is 0 Å². The van der Waals surface area contributed by atoms with E-state index in [4.69, 9.17) is 23.4 Å². The molecule has 0 saturated carbocycles. The number of phenols is 2. The summed E-state index contributed by atoms with van der Waals surface area (Å²) in [6.07, 6.45) is -2.17. The number of carbonyl (C=O) groups is 2. The molecule has 1 aliphatic carbocycles. The Kier molecular flexibility index (Phi) is 6.55. The van der Waals surface area contributed by atoms with Gasteiger partial charge in [0.25, 0.3) is 0 Å². The van der Waals surface area contributed by atoms with Crippen LogP contribution in [-0.4, -0.2) is 46.8 Å². The Morgan fingerprint density at radius 1 is 1.05 bits per heavy atom. The summed E-state index contributed by atoms with van der Waals surface area (Å²) in [5.41, 5.74) is 0.529. The molecule has 2 aromatic carbocycles. The van der Waals surface area contributed by atoms with E-state index in [2.05, 4.69) is 0 Å². The second kappa shape index (κ2) is 9.68. The van der Waals surface area contributed by atoms with Crippen LogP contribution >= 0.6 is 0 Å². The molecule has 0 bridgehead atoms. The number of phenolic OH excluding ortho intramolecular Hbond substituents is 2. The Morgan fingerprint density at radius 3 is 2.51 bits per heavy atom. The Morgan fingerprint density at radius 2 is 1.78 bits per heavy atom. The molecule has 1 aliphatic heterocycles. The number of carbonyl (C=O) groups excluding carboxylic acids is 2. The zero-order chi connectivity index (χ0) is 26.4. The van der Waals surface area contributed by atoms with Crippen molar-refractivity contribution in [1.82, 2.24) is 0 Å². The van der Waals surface area contributed by atoms with Gasteiger partial charge in [-0.25, -0.2) is 0 Å². The quantitative estimate of drug-likeness (QED) is 0.301. The number of benzene rings is 2. The lowest BCUT2D eigenvalue weighted by molar-refractivity contribution is -0.269. The maximum absolute atomic E-state index is 13.3. The van der Waals surface area contributed by atoms with Gasteiger partial charge in [-0.1, -0.05) is 12.1 Å². The maximum Gasteiger partial charge on any atom is 0.303 e. The number of aromatic hydroxyl groups is 2. The first-order chi connectivity index (χ1) is 17.7. The molecule has 0 unspecified atom stereocenters. The summed E-state index contributed by atoms with van der Waals surface area (Å²) in [4.78, 5) is 36.5. The molecule has 1 aromatic heterocycles. The summed E-state index contributed by atoms with van der Waals surface area (Å²) in [6.45, 7) is 4.21.